The maximum atomic E-state index is 14.6. The first kappa shape index (κ1) is 18.7. The van der Waals surface area contributed by atoms with Gasteiger partial charge in [-0.1, -0.05) is 6.92 Å². The molecule has 27 heavy (non-hydrogen) atoms. The van der Waals surface area contributed by atoms with Crippen molar-refractivity contribution in [2.45, 2.75) is 13.3 Å². The Labute approximate surface area is 153 Å². The van der Waals surface area contributed by atoms with Gasteiger partial charge in [0.25, 0.3) is 5.91 Å². The zero-order valence-electron chi connectivity index (χ0n) is 14.1. The van der Waals surface area contributed by atoms with E-state index >= 15 is 0 Å². The van der Waals surface area contributed by atoms with Crippen LogP contribution >= 0.6 is 0 Å². The molecule has 0 unspecified atom stereocenters. The number of fused-ring (bicyclic) bond motifs is 1. The number of imidazole rings is 1. The maximum absolute atomic E-state index is 14.6. The fourth-order valence-electron chi connectivity index (χ4n) is 2.41. The molecule has 142 valence electrons. The predicted molar refractivity (Wildman–Crippen MR) is 95.9 cm³/mol. The SMILES string of the molecule is CCCS(=O)(=O)Nc1ccc(F)c(C(=O)Nc2cnc3[nH]cnc3c2)c1F. The summed E-state index contributed by atoms with van der Waals surface area (Å²) < 4.78 is 54.3. The highest BCUT2D eigenvalue weighted by Gasteiger charge is 2.23. The number of carbonyl (C=O) groups is 1. The second-order valence-corrected chi connectivity index (χ2v) is 7.50. The number of amides is 1. The Kier molecular flexibility index (Phi) is 5.04. The summed E-state index contributed by atoms with van der Waals surface area (Å²) in [5.74, 6) is -3.75. The van der Waals surface area contributed by atoms with Crippen LogP contribution in [0.25, 0.3) is 11.2 Å². The van der Waals surface area contributed by atoms with Crippen molar-refractivity contribution in [3.8, 4) is 0 Å². The molecule has 0 aliphatic rings. The normalized spacial score (nSPS) is 11.5. The number of rotatable bonds is 6. The van der Waals surface area contributed by atoms with Gasteiger partial charge < -0.3 is 10.3 Å². The molecule has 1 amide bonds. The monoisotopic (exact) mass is 395 g/mol. The van der Waals surface area contributed by atoms with Gasteiger partial charge in [-0.25, -0.2) is 27.2 Å². The van der Waals surface area contributed by atoms with Crippen LogP contribution in [0.5, 0.6) is 0 Å². The molecular weight excluding hydrogens is 380 g/mol. The highest BCUT2D eigenvalue weighted by atomic mass is 32.2. The summed E-state index contributed by atoms with van der Waals surface area (Å²) >= 11 is 0. The third-order valence-corrected chi connectivity index (χ3v) is 5.06. The molecule has 3 rings (SSSR count). The van der Waals surface area contributed by atoms with Gasteiger partial charge in [0.05, 0.1) is 29.7 Å². The van der Waals surface area contributed by atoms with Crippen molar-refractivity contribution < 1.29 is 22.0 Å². The van der Waals surface area contributed by atoms with E-state index in [9.17, 15) is 22.0 Å². The summed E-state index contributed by atoms with van der Waals surface area (Å²) in [5, 5.41) is 2.32. The van der Waals surface area contributed by atoms with Crippen molar-refractivity contribution in [2.24, 2.45) is 0 Å². The Morgan fingerprint density at radius 2 is 2.04 bits per heavy atom. The van der Waals surface area contributed by atoms with Crippen LogP contribution in [0, 0.1) is 11.6 Å². The summed E-state index contributed by atoms with van der Waals surface area (Å²) in [4.78, 5) is 23.1. The van der Waals surface area contributed by atoms with Gasteiger partial charge in [-0.3, -0.25) is 9.52 Å². The van der Waals surface area contributed by atoms with Crippen LogP contribution in [-0.2, 0) is 10.0 Å². The molecule has 0 aliphatic carbocycles. The number of sulfonamides is 1. The van der Waals surface area contributed by atoms with E-state index in [2.05, 4.69) is 20.3 Å². The number of anilines is 2. The van der Waals surface area contributed by atoms with Crippen LogP contribution in [0.3, 0.4) is 0 Å². The van der Waals surface area contributed by atoms with Crippen molar-refractivity contribution in [2.75, 3.05) is 15.8 Å². The molecular formula is C16H15F2N5O3S. The molecule has 8 nitrogen and oxygen atoms in total. The highest BCUT2D eigenvalue weighted by molar-refractivity contribution is 7.92. The number of carbonyl (C=O) groups excluding carboxylic acids is 1. The van der Waals surface area contributed by atoms with E-state index in [1.807, 2.05) is 4.72 Å². The maximum Gasteiger partial charge on any atom is 0.261 e. The minimum atomic E-state index is -3.81. The number of aromatic nitrogens is 3. The second kappa shape index (κ2) is 7.27. The van der Waals surface area contributed by atoms with Crippen molar-refractivity contribution in [3.05, 3.63) is 47.9 Å². The predicted octanol–water partition coefficient (Wildman–Crippen LogP) is 2.64. The molecule has 0 atom stereocenters. The third-order valence-electron chi connectivity index (χ3n) is 3.59. The van der Waals surface area contributed by atoms with Crippen LogP contribution in [0.2, 0.25) is 0 Å². The van der Waals surface area contributed by atoms with Crippen LogP contribution in [0.15, 0.2) is 30.7 Å². The summed E-state index contributed by atoms with van der Waals surface area (Å²) in [6, 6.07) is 3.21. The number of benzene rings is 1. The molecule has 0 aliphatic heterocycles. The van der Waals surface area contributed by atoms with Crippen LogP contribution in [0.1, 0.15) is 23.7 Å². The summed E-state index contributed by atoms with van der Waals surface area (Å²) in [7, 11) is -3.81. The standard InChI is InChI=1S/C16H15F2N5O3S/c1-2-5-27(25,26)23-11-4-3-10(17)13(14(11)18)16(24)22-9-6-12-15(19-7-9)21-8-20-12/h3-4,6-8,23H,2,5H2,1H3,(H,22,24)(H,19,20,21). The number of aromatic amines is 1. The van der Waals surface area contributed by atoms with E-state index < -0.39 is 38.8 Å². The summed E-state index contributed by atoms with van der Waals surface area (Å²) in [6.45, 7) is 1.64. The largest absolute Gasteiger partial charge is 0.329 e. The van der Waals surface area contributed by atoms with Crippen molar-refractivity contribution in [1.82, 2.24) is 15.0 Å². The molecule has 2 aromatic heterocycles. The van der Waals surface area contributed by atoms with E-state index in [1.54, 1.807) is 6.92 Å². The lowest BCUT2D eigenvalue weighted by Gasteiger charge is -2.12. The number of hydrogen-bond donors (Lipinski definition) is 3. The second-order valence-electron chi connectivity index (χ2n) is 5.65. The van der Waals surface area contributed by atoms with E-state index in [-0.39, 0.29) is 11.4 Å². The Hall–Kier alpha value is -3.08. The average Bonchev–Trinajstić information content (AvgIpc) is 3.05. The minimum Gasteiger partial charge on any atom is -0.329 e. The van der Waals surface area contributed by atoms with E-state index in [0.29, 0.717) is 17.6 Å². The zero-order valence-corrected chi connectivity index (χ0v) is 14.9. The lowest BCUT2D eigenvalue weighted by molar-refractivity contribution is 0.101. The molecule has 0 saturated carbocycles. The molecule has 0 spiro atoms. The molecule has 3 aromatic rings. The molecule has 1 aromatic carbocycles. The van der Waals surface area contributed by atoms with Crippen molar-refractivity contribution in [1.29, 1.82) is 0 Å². The lowest BCUT2D eigenvalue weighted by atomic mass is 10.1. The molecule has 0 radical (unpaired) electrons. The molecule has 0 saturated heterocycles. The first-order valence-corrected chi connectivity index (χ1v) is 9.55. The molecule has 0 bridgehead atoms. The van der Waals surface area contributed by atoms with Crippen LogP contribution in [-0.4, -0.2) is 35.0 Å². The van der Waals surface area contributed by atoms with E-state index in [1.165, 1.54) is 18.6 Å². The fourth-order valence-corrected chi connectivity index (χ4v) is 3.55. The van der Waals surface area contributed by atoms with E-state index in [0.717, 1.165) is 12.1 Å². The molecule has 2 heterocycles. The first-order chi connectivity index (χ1) is 12.8. The highest BCUT2D eigenvalue weighted by Crippen LogP contribution is 2.24. The van der Waals surface area contributed by atoms with Gasteiger partial charge in [0.1, 0.15) is 16.9 Å². The number of pyridine rings is 1. The van der Waals surface area contributed by atoms with Crippen LogP contribution in [0.4, 0.5) is 20.2 Å². The number of halogens is 2. The van der Waals surface area contributed by atoms with Gasteiger partial charge >= 0.3 is 0 Å². The topological polar surface area (TPSA) is 117 Å². The van der Waals surface area contributed by atoms with Crippen molar-refractivity contribution >= 4 is 38.5 Å². The van der Waals surface area contributed by atoms with Crippen molar-refractivity contribution in [3.63, 3.8) is 0 Å². The lowest BCUT2D eigenvalue weighted by Crippen LogP contribution is -2.20. The Morgan fingerprint density at radius 3 is 2.78 bits per heavy atom. The Balaban J connectivity index is 1.90. The smallest absolute Gasteiger partial charge is 0.261 e. The molecule has 11 heteroatoms. The molecule has 0 fully saturated rings. The van der Waals surface area contributed by atoms with Gasteiger partial charge in [-0.15, -0.1) is 0 Å². The first-order valence-electron chi connectivity index (χ1n) is 7.89. The van der Waals surface area contributed by atoms with Gasteiger partial charge in [0, 0.05) is 0 Å². The summed E-state index contributed by atoms with van der Waals surface area (Å²) in [6.07, 6.45) is 3.02. The van der Waals surface area contributed by atoms with E-state index in [4.69, 9.17) is 0 Å². The zero-order chi connectivity index (χ0) is 19.6. The minimum absolute atomic E-state index is 0.176. The third kappa shape index (κ3) is 4.03. The van der Waals surface area contributed by atoms with Gasteiger partial charge in [-0.2, -0.15) is 0 Å². The Bertz CT molecular complexity index is 1110. The van der Waals surface area contributed by atoms with Gasteiger partial charge in [-0.05, 0) is 24.6 Å². The number of H-pyrrole nitrogens is 1. The Morgan fingerprint density at radius 1 is 1.26 bits per heavy atom. The number of nitrogens with zero attached hydrogens (tertiary/aromatic N) is 2. The number of hydrogen-bond acceptors (Lipinski definition) is 5. The fraction of sp³-hybridized carbons (Fsp3) is 0.188. The van der Waals surface area contributed by atoms with Crippen LogP contribution < -0.4 is 10.0 Å². The quantitative estimate of drug-likeness (QED) is 0.593. The van der Waals surface area contributed by atoms with Gasteiger partial charge in [0.15, 0.2) is 11.5 Å². The number of nitrogens with one attached hydrogen (secondary N) is 3. The average molecular weight is 395 g/mol. The summed E-state index contributed by atoms with van der Waals surface area (Å²) in [5.41, 5.74) is -0.299. The molecule has 3 N–H and O–H groups in total. The van der Waals surface area contributed by atoms with Gasteiger partial charge in [0.2, 0.25) is 10.0 Å².